The van der Waals surface area contributed by atoms with Gasteiger partial charge in [-0.25, -0.2) is 9.78 Å². The standard InChI is InChI=1S/C15H17N3O3/c19-14(6-8-18-9-7-16-11-18)17-13(15(20)21)10-12-4-2-1-3-5-12/h1-5,7,9,11,13H,6,8,10H2,(H,17,19)(H,20,21)/t13-/m0/s1. The number of carbonyl (C=O) groups is 2. The summed E-state index contributed by atoms with van der Waals surface area (Å²) in [6, 6.07) is 8.32. The molecule has 0 radical (unpaired) electrons. The third-order valence-corrected chi connectivity index (χ3v) is 3.07. The van der Waals surface area contributed by atoms with Gasteiger partial charge in [0.2, 0.25) is 5.91 Å². The van der Waals surface area contributed by atoms with E-state index in [1.54, 1.807) is 23.3 Å². The number of rotatable bonds is 7. The monoisotopic (exact) mass is 287 g/mol. The third kappa shape index (κ3) is 4.76. The Balaban J connectivity index is 1.87. The minimum atomic E-state index is -1.03. The molecule has 0 saturated heterocycles. The number of amides is 1. The number of hydrogen-bond acceptors (Lipinski definition) is 3. The summed E-state index contributed by atoms with van der Waals surface area (Å²) in [5.74, 6) is -1.32. The molecule has 0 aliphatic carbocycles. The number of carbonyl (C=O) groups excluding carboxylic acids is 1. The molecule has 2 N–H and O–H groups in total. The number of hydrogen-bond donors (Lipinski definition) is 2. The molecule has 110 valence electrons. The fourth-order valence-corrected chi connectivity index (χ4v) is 1.97. The lowest BCUT2D eigenvalue weighted by molar-refractivity contribution is -0.141. The summed E-state index contributed by atoms with van der Waals surface area (Å²) in [7, 11) is 0. The van der Waals surface area contributed by atoms with Crippen molar-refractivity contribution in [2.75, 3.05) is 0 Å². The molecule has 0 fully saturated rings. The Labute approximate surface area is 122 Å². The fourth-order valence-electron chi connectivity index (χ4n) is 1.97. The van der Waals surface area contributed by atoms with Crippen LogP contribution in [-0.2, 0) is 22.6 Å². The highest BCUT2D eigenvalue weighted by Gasteiger charge is 2.20. The quantitative estimate of drug-likeness (QED) is 0.798. The smallest absolute Gasteiger partial charge is 0.326 e. The molecule has 0 unspecified atom stereocenters. The van der Waals surface area contributed by atoms with E-state index in [2.05, 4.69) is 10.3 Å². The van der Waals surface area contributed by atoms with Gasteiger partial charge < -0.3 is 15.0 Å². The van der Waals surface area contributed by atoms with E-state index in [-0.39, 0.29) is 18.7 Å². The van der Waals surface area contributed by atoms with E-state index >= 15 is 0 Å². The lowest BCUT2D eigenvalue weighted by atomic mass is 10.1. The van der Waals surface area contributed by atoms with Crippen LogP contribution in [0.5, 0.6) is 0 Å². The van der Waals surface area contributed by atoms with Gasteiger partial charge >= 0.3 is 5.97 Å². The Kier molecular flexibility index (Phi) is 5.09. The molecule has 21 heavy (non-hydrogen) atoms. The maximum absolute atomic E-state index is 11.8. The molecule has 2 aromatic rings. The minimum Gasteiger partial charge on any atom is -0.480 e. The topological polar surface area (TPSA) is 84.2 Å². The van der Waals surface area contributed by atoms with Crippen LogP contribution in [-0.4, -0.2) is 32.6 Å². The third-order valence-electron chi connectivity index (χ3n) is 3.07. The van der Waals surface area contributed by atoms with Crippen molar-refractivity contribution in [1.29, 1.82) is 0 Å². The van der Waals surface area contributed by atoms with Gasteiger partial charge in [-0.3, -0.25) is 4.79 Å². The van der Waals surface area contributed by atoms with Crippen molar-refractivity contribution in [2.24, 2.45) is 0 Å². The average Bonchev–Trinajstić information content (AvgIpc) is 2.99. The predicted octanol–water partition coefficient (Wildman–Crippen LogP) is 1.09. The number of carboxylic acid groups (broad SMARTS) is 1. The van der Waals surface area contributed by atoms with Gasteiger partial charge in [-0.15, -0.1) is 0 Å². The molecular formula is C15H17N3O3. The molecule has 1 heterocycles. The summed E-state index contributed by atoms with van der Waals surface area (Å²) in [6.07, 6.45) is 5.49. The van der Waals surface area contributed by atoms with Crippen LogP contribution in [0.2, 0.25) is 0 Å². The number of nitrogens with one attached hydrogen (secondary N) is 1. The van der Waals surface area contributed by atoms with Crippen LogP contribution >= 0.6 is 0 Å². The lowest BCUT2D eigenvalue weighted by Gasteiger charge is -2.14. The van der Waals surface area contributed by atoms with Crippen molar-refractivity contribution in [3.63, 3.8) is 0 Å². The number of benzene rings is 1. The molecule has 0 saturated carbocycles. The second-order valence-corrected chi connectivity index (χ2v) is 4.70. The highest BCUT2D eigenvalue weighted by molar-refractivity contribution is 5.83. The first-order valence-corrected chi connectivity index (χ1v) is 6.67. The number of imidazole rings is 1. The van der Waals surface area contributed by atoms with Gasteiger partial charge in [0.1, 0.15) is 6.04 Å². The molecule has 1 amide bonds. The summed E-state index contributed by atoms with van der Waals surface area (Å²) in [6.45, 7) is 0.476. The predicted molar refractivity (Wildman–Crippen MR) is 76.6 cm³/mol. The van der Waals surface area contributed by atoms with E-state index in [4.69, 9.17) is 0 Å². The van der Waals surface area contributed by atoms with Crippen molar-refractivity contribution < 1.29 is 14.7 Å². The van der Waals surface area contributed by atoms with Crippen LogP contribution < -0.4 is 5.32 Å². The van der Waals surface area contributed by atoms with Crippen LogP contribution in [0.4, 0.5) is 0 Å². The van der Waals surface area contributed by atoms with Gasteiger partial charge in [0, 0.05) is 31.8 Å². The minimum absolute atomic E-state index is 0.217. The van der Waals surface area contributed by atoms with E-state index in [1.807, 2.05) is 30.3 Å². The second-order valence-electron chi connectivity index (χ2n) is 4.70. The Morgan fingerprint density at radius 1 is 1.29 bits per heavy atom. The number of aromatic nitrogens is 2. The lowest BCUT2D eigenvalue weighted by Crippen LogP contribution is -2.42. The molecule has 0 aliphatic heterocycles. The Bertz CT molecular complexity index is 581. The van der Waals surface area contributed by atoms with Crippen LogP contribution in [0.1, 0.15) is 12.0 Å². The normalized spacial score (nSPS) is 11.8. The van der Waals surface area contributed by atoms with E-state index in [0.29, 0.717) is 6.54 Å². The molecule has 1 aromatic heterocycles. The Morgan fingerprint density at radius 2 is 2.05 bits per heavy atom. The Morgan fingerprint density at radius 3 is 2.67 bits per heavy atom. The number of carboxylic acids is 1. The molecule has 1 aromatic carbocycles. The molecule has 2 rings (SSSR count). The highest BCUT2D eigenvalue weighted by atomic mass is 16.4. The van der Waals surface area contributed by atoms with Gasteiger partial charge in [0.15, 0.2) is 0 Å². The summed E-state index contributed by atoms with van der Waals surface area (Å²) < 4.78 is 1.77. The summed E-state index contributed by atoms with van der Waals surface area (Å²) in [4.78, 5) is 27.0. The molecule has 1 atom stereocenters. The zero-order chi connectivity index (χ0) is 15.1. The van der Waals surface area contributed by atoms with Gasteiger partial charge in [0.25, 0.3) is 0 Å². The largest absolute Gasteiger partial charge is 0.480 e. The molecule has 0 aliphatic rings. The van der Waals surface area contributed by atoms with Crippen molar-refractivity contribution in [1.82, 2.24) is 14.9 Å². The first-order valence-electron chi connectivity index (χ1n) is 6.67. The van der Waals surface area contributed by atoms with Crippen LogP contribution in [0.15, 0.2) is 49.1 Å². The summed E-state index contributed by atoms with van der Waals surface area (Å²) >= 11 is 0. The van der Waals surface area contributed by atoms with E-state index < -0.39 is 12.0 Å². The fraction of sp³-hybridized carbons (Fsp3) is 0.267. The molecule has 0 spiro atoms. The second kappa shape index (κ2) is 7.23. The molecular weight excluding hydrogens is 270 g/mol. The van der Waals surface area contributed by atoms with Gasteiger partial charge in [-0.2, -0.15) is 0 Å². The average molecular weight is 287 g/mol. The van der Waals surface area contributed by atoms with E-state index in [0.717, 1.165) is 5.56 Å². The summed E-state index contributed by atoms with van der Waals surface area (Å²) in [5.41, 5.74) is 0.875. The number of aryl methyl sites for hydroxylation is 1. The highest BCUT2D eigenvalue weighted by Crippen LogP contribution is 2.04. The maximum Gasteiger partial charge on any atom is 0.326 e. The Hall–Kier alpha value is -2.63. The van der Waals surface area contributed by atoms with Crippen LogP contribution in [0.3, 0.4) is 0 Å². The van der Waals surface area contributed by atoms with Gasteiger partial charge in [-0.05, 0) is 5.56 Å². The van der Waals surface area contributed by atoms with Crippen molar-refractivity contribution >= 4 is 11.9 Å². The SMILES string of the molecule is O=C(CCn1ccnc1)N[C@@H](Cc1ccccc1)C(=O)O. The maximum atomic E-state index is 11.8. The molecule has 6 heteroatoms. The molecule has 6 nitrogen and oxygen atoms in total. The summed E-state index contributed by atoms with van der Waals surface area (Å²) in [5, 5.41) is 11.8. The first kappa shape index (κ1) is 14.8. The van der Waals surface area contributed by atoms with Crippen molar-refractivity contribution in [3.05, 3.63) is 54.6 Å². The van der Waals surface area contributed by atoms with Gasteiger partial charge in [-0.1, -0.05) is 30.3 Å². The zero-order valence-corrected chi connectivity index (χ0v) is 11.5. The molecule has 0 bridgehead atoms. The van der Waals surface area contributed by atoms with E-state index in [9.17, 15) is 14.7 Å². The van der Waals surface area contributed by atoms with Crippen LogP contribution in [0, 0.1) is 0 Å². The number of nitrogens with zero attached hydrogens (tertiary/aromatic N) is 2. The number of aliphatic carboxylic acids is 1. The van der Waals surface area contributed by atoms with Crippen LogP contribution in [0.25, 0.3) is 0 Å². The van der Waals surface area contributed by atoms with Crippen molar-refractivity contribution in [2.45, 2.75) is 25.4 Å². The van der Waals surface area contributed by atoms with E-state index in [1.165, 1.54) is 0 Å². The first-order chi connectivity index (χ1) is 10.1. The van der Waals surface area contributed by atoms with Gasteiger partial charge in [0.05, 0.1) is 6.33 Å². The van der Waals surface area contributed by atoms with Crippen molar-refractivity contribution in [3.8, 4) is 0 Å². The zero-order valence-electron chi connectivity index (χ0n) is 11.5.